The van der Waals surface area contributed by atoms with Crippen LogP contribution in [0.1, 0.15) is 16.8 Å². The summed E-state index contributed by atoms with van der Waals surface area (Å²) >= 11 is 0. The Morgan fingerprint density at radius 3 is 2.49 bits per heavy atom. The standard InChI is InChI=1S/C27H20F3N5O2/c1-14-4-5-17(33-27(37)35-21-9-8-20(28)24(29)25(21)30)12-22(14)32-16-6-7-18-19(11-15-3-2-10-31-15)26(36)34-23(18)13-16/h2-13,31-32H,1H3,(H,34,36)(H2,33,35,37)/b19-11-. The van der Waals surface area contributed by atoms with E-state index in [9.17, 15) is 22.8 Å². The van der Waals surface area contributed by atoms with E-state index < -0.39 is 29.2 Å². The van der Waals surface area contributed by atoms with Gasteiger partial charge in [-0.3, -0.25) is 4.79 Å². The molecule has 5 rings (SSSR count). The highest BCUT2D eigenvalue weighted by atomic mass is 19.2. The molecule has 3 aromatic carbocycles. The Bertz CT molecular complexity index is 1560. The molecule has 1 aliphatic rings. The van der Waals surface area contributed by atoms with E-state index in [-0.39, 0.29) is 5.91 Å². The van der Waals surface area contributed by atoms with Crippen molar-refractivity contribution in [3.8, 4) is 0 Å². The molecule has 1 aliphatic heterocycles. The molecule has 3 amide bonds. The molecule has 2 heterocycles. The molecular formula is C27H20F3N5O2. The highest BCUT2D eigenvalue weighted by Gasteiger charge is 2.24. The van der Waals surface area contributed by atoms with Gasteiger partial charge in [0, 0.05) is 34.5 Å². The van der Waals surface area contributed by atoms with Crippen LogP contribution in [0.3, 0.4) is 0 Å². The second-order valence-corrected chi connectivity index (χ2v) is 8.35. The van der Waals surface area contributed by atoms with Gasteiger partial charge in [-0.25, -0.2) is 18.0 Å². The summed E-state index contributed by atoms with van der Waals surface area (Å²) in [5.74, 6) is -4.71. The first kappa shape index (κ1) is 23.7. The van der Waals surface area contributed by atoms with E-state index >= 15 is 0 Å². The quantitative estimate of drug-likeness (QED) is 0.156. The molecule has 10 heteroatoms. The number of aromatic nitrogens is 1. The van der Waals surface area contributed by atoms with Crippen molar-refractivity contribution in [3.05, 3.63) is 101 Å². The van der Waals surface area contributed by atoms with Crippen LogP contribution in [-0.2, 0) is 4.79 Å². The Morgan fingerprint density at radius 1 is 0.892 bits per heavy atom. The summed E-state index contributed by atoms with van der Waals surface area (Å²) in [5, 5.41) is 10.8. The smallest absolute Gasteiger partial charge is 0.323 e. The van der Waals surface area contributed by atoms with E-state index in [1.807, 2.05) is 31.2 Å². The van der Waals surface area contributed by atoms with E-state index in [2.05, 4.69) is 26.3 Å². The molecule has 0 spiro atoms. The van der Waals surface area contributed by atoms with Gasteiger partial charge in [-0.1, -0.05) is 12.1 Å². The van der Waals surface area contributed by atoms with Crippen LogP contribution in [0.2, 0.25) is 0 Å². The van der Waals surface area contributed by atoms with Crippen molar-refractivity contribution >= 4 is 52.0 Å². The van der Waals surface area contributed by atoms with Gasteiger partial charge in [0.05, 0.1) is 16.9 Å². The minimum atomic E-state index is -1.67. The molecule has 0 saturated heterocycles. The average Bonchev–Trinajstić information content (AvgIpc) is 3.49. The number of halogens is 3. The van der Waals surface area contributed by atoms with Crippen LogP contribution in [0.25, 0.3) is 11.6 Å². The summed E-state index contributed by atoms with van der Waals surface area (Å²) in [6, 6.07) is 15.1. The van der Waals surface area contributed by atoms with Gasteiger partial charge in [0.25, 0.3) is 5.91 Å². The second kappa shape index (κ2) is 9.57. The molecule has 0 saturated carbocycles. The van der Waals surface area contributed by atoms with Gasteiger partial charge < -0.3 is 26.3 Å². The van der Waals surface area contributed by atoms with Gasteiger partial charge >= 0.3 is 6.03 Å². The number of fused-ring (bicyclic) bond motifs is 1. The van der Waals surface area contributed by atoms with Gasteiger partial charge in [-0.15, -0.1) is 0 Å². The normalized spacial score (nSPS) is 13.3. The largest absolute Gasteiger partial charge is 0.362 e. The number of benzene rings is 3. The summed E-state index contributed by atoms with van der Waals surface area (Å²) in [7, 11) is 0. The van der Waals surface area contributed by atoms with E-state index in [1.165, 1.54) is 0 Å². The first-order chi connectivity index (χ1) is 17.8. The summed E-state index contributed by atoms with van der Waals surface area (Å²) in [6.45, 7) is 1.87. The lowest BCUT2D eigenvalue weighted by atomic mass is 10.1. The van der Waals surface area contributed by atoms with Crippen LogP contribution >= 0.6 is 0 Å². The fourth-order valence-electron chi connectivity index (χ4n) is 3.90. The number of rotatable bonds is 5. The summed E-state index contributed by atoms with van der Waals surface area (Å²) in [5.41, 5.74) is 4.93. The number of anilines is 5. The number of aryl methyl sites for hydroxylation is 1. The van der Waals surface area contributed by atoms with Gasteiger partial charge in [0.1, 0.15) is 0 Å². The molecular weight excluding hydrogens is 483 g/mol. The number of nitrogens with one attached hydrogen (secondary N) is 5. The van der Waals surface area contributed by atoms with Crippen molar-refractivity contribution in [1.29, 1.82) is 0 Å². The highest BCUT2D eigenvalue weighted by Crippen LogP contribution is 2.36. The Balaban J connectivity index is 1.32. The molecule has 37 heavy (non-hydrogen) atoms. The summed E-state index contributed by atoms with van der Waals surface area (Å²) in [6.07, 6.45) is 3.56. The molecule has 186 valence electrons. The molecule has 0 atom stereocenters. The highest BCUT2D eigenvalue weighted by molar-refractivity contribution is 6.35. The third-order valence-electron chi connectivity index (χ3n) is 5.78. The van der Waals surface area contributed by atoms with Crippen molar-refractivity contribution in [2.75, 3.05) is 21.3 Å². The van der Waals surface area contributed by atoms with E-state index in [1.54, 1.807) is 36.5 Å². The molecule has 0 radical (unpaired) electrons. The van der Waals surface area contributed by atoms with Crippen LogP contribution in [0, 0.1) is 24.4 Å². The van der Waals surface area contributed by atoms with Crippen molar-refractivity contribution in [2.45, 2.75) is 6.92 Å². The SMILES string of the molecule is Cc1ccc(NC(=O)Nc2ccc(F)c(F)c2F)cc1Nc1ccc2c(c1)NC(=O)/C2=C\c1ccc[nH]1. The van der Waals surface area contributed by atoms with Crippen molar-refractivity contribution in [2.24, 2.45) is 0 Å². The molecule has 1 aromatic heterocycles. The zero-order valence-electron chi connectivity index (χ0n) is 19.4. The van der Waals surface area contributed by atoms with Crippen LogP contribution in [0.4, 0.5) is 46.4 Å². The Labute approximate surface area is 209 Å². The molecule has 0 unspecified atom stereocenters. The fraction of sp³-hybridized carbons (Fsp3) is 0.0370. The molecule has 4 aromatic rings. The maximum Gasteiger partial charge on any atom is 0.323 e. The topological polar surface area (TPSA) is 98.0 Å². The molecule has 0 fully saturated rings. The Morgan fingerprint density at radius 2 is 1.70 bits per heavy atom. The number of amides is 3. The van der Waals surface area contributed by atoms with Gasteiger partial charge in [0.15, 0.2) is 17.5 Å². The van der Waals surface area contributed by atoms with Crippen LogP contribution in [0.15, 0.2) is 66.9 Å². The predicted octanol–water partition coefficient (Wildman–Crippen LogP) is 6.62. The second-order valence-electron chi connectivity index (χ2n) is 8.35. The number of carbonyl (C=O) groups is 2. The zero-order valence-corrected chi connectivity index (χ0v) is 19.4. The van der Waals surface area contributed by atoms with Crippen LogP contribution in [0.5, 0.6) is 0 Å². The maximum absolute atomic E-state index is 13.9. The van der Waals surface area contributed by atoms with E-state index in [4.69, 9.17) is 0 Å². The number of carbonyl (C=O) groups excluding carboxylic acids is 2. The van der Waals surface area contributed by atoms with E-state index in [0.717, 1.165) is 29.0 Å². The fourth-order valence-corrected chi connectivity index (χ4v) is 3.90. The lowest BCUT2D eigenvalue weighted by Gasteiger charge is -2.14. The predicted molar refractivity (Wildman–Crippen MR) is 137 cm³/mol. The average molecular weight is 503 g/mol. The third-order valence-corrected chi connectivity index (χ3v) is 5.78. The first-order valence-corrected chi connectivity index (χ1v) is 11.2. The molecule has 7 nitrogen and oxygen atoms in total. The third kappa shape index (κ3) is 4.90. The Hall–Kier alpha value is -4.99. The lowest BCUT2D eigenvalue weighted by Crippen LogP contribution is -2.20. The molecule has 0 bridgehead atoms. The minimum Gasteiger partial charge on any atom is -0.362 e. The Kier molecular flexibility index (Phi) is 6.14. The van der Waals surface area contributed by atoms with Gasteiger partial charge in [-0.2, -0.15) is 0 Å². The molecule has 0 aliphatic carbocycles. The zero-order chi connectivity index (χ0) is 26.1. The number of aromatic amines is 1. The minimum absolute atomic E-state index is 0.201. The van der Waals surface area contributed by atoms with Crippen LogP contribution < -0.4 is 21.3 Å². The number of H-pyrrole nitrogens is 1. The number of urea groups is 1. The van der Waals surface area contributed by atoms with Gasteiger partial charge in [0.2, 0.25) is 0 Å². The summed E-state index contributed by atoms with van der Waals surface area (Å²) < 4.78 is 40.4. The van der Waals surface area contributed by atoms with Crippen molar-refractivity contribution in [1.82, 2.24) is 4.98 Å². The lowest BCUT2D eigenvalue weighted by molar-refractivity contribution is -0.110. The summed E-state index contributed by atoms with van der Waals surface area (Å²) in [4.78, 5) is 27.9. The maximum atomic E-state index is 13.9. The van der Waals surface area contributed by atoms with E-state index in [0.29, 0.717) is 28.3 Å². The van der Waals surface area contributed by atoms with Crippen molar-refractivity contribution < 1.29 is 22.8 Å². The number of hydrogen-bond donors (Lipinski definition) is 5. The molecule has 5 N–H and O–H groups in total. The van der Waals surface area contributed by atoms with Crippen LogP contribution in [-0.4, -0.2) is 16.9 Å². The first-order valence-electron chi connectivity index (χ1n) is 11.2. The number of hydrogen-bond acceptors (Lipinski definition) is 3. The van der Waals surface area contributed by atoms with Crippen molar-refractivity contribution in [3.63, 3.8) is 0 Å². The van der Waals surface area contributed by atoms with Gasteiger partial charge in [-0.05, 0) is 67.1 Å². The monoisotopic (exact) mass is 503 g/mol.